The lowest BCUT2D eigenvalue weighted by atomic mass is 10.3. The summed E-state index contributed by atoms with van der Waals surface area (Å²) in [6, 6.07) is 18.5. The van der Waals surface area contributed by atoms with Crippen LogP contribution in [0.1, 0.15) is 12.7 Å². The van der Waals surface area contributed by atoms with E-state index in [1.807, 2.05) is 48.5 Å². The van der Waals surface area contributed by atoms with Gasteiger partial charge in [0.15, 0.2) is 11.8 Å². The molecule has 8 heteroatoms. The van der Waals surface area contributed by atoms with E-state index in [0.29, 0.717) is 22.6 Å². The molecule has 0 unspecified atom stereocenters. The Morgan fingerprint density at radius 2 is 1.83 bits per heavy atom. The summed E-state index contributed by atoms with van der Waals surface area (Å²) in [5, 5.41) is 7.38. The molecule has 29 heavy (non-hydrogen) atoms. The van der Waals surface area contributed by atoms with Gasteiger partial charge in [0.1, 0.15) is 17.0 Å². The van der Waals surface area contributed by atoms with Crippen molar-refractivity contribution in [2.24, 2.45) is 0 Å². The van der Waals surface area contributed by atoms with Crippen LogP contribution in [0.4, 0.5) is 0 Å². The second-order valence-electron chi connectivity index (χ2n) is 6.43. The predicted molar refractivity (Wildman–Crippen MR) is 108 cm³/mol. The first-order valence-electron chi connectivity index (χ1n) is 9.13. The molecule has 2 heterocycles. The lowest BCUT2D eigenvalue weighted by Crippen LogP contribution is -2.36. The molecule has 1 amide bonds. The SMILES string of the molecule is C[C@@H](Oc1ccccc1)C(=O)NCc1nc2c(cnn2-c2ccccc2)c(=O)[nH]1. The van der Waals surface area contributed by atoms with Gasteiger partial charge in [-0.3, -0.25) is 9.59 Å². The Morgan fingerprint density at radius 3 is 2.55 bits per heavy atom. The fourth-order valence-corrected chi connectivity index (χ4v) is 2.88. The van der Waals surface area contributed by atoms with E-state index in [-0.39, 0.29) is 18.0 Å². The lowest BCUT2D eigenvalue weighted by Gasteiger charge is -2.14. The Hall–Kier alpha value is -3.94. The van der Waals surface area contributed by atoms with Gasteiger partial charge in [0.05, 0.1) is 18.4 Å². The Balaban J connectivity index is 1.51. The number of aromatic nitrogens is 4. The van der Waals surface area contributed by atoms with Crippen molar-refractivity contribution in [2.45, 2.75) is 19.6 Å². The molecular weight excluding hydrogens is 370 g/mol. The maximum absolute atomic E-state index is 12.4. The molecule has 8 nitrogen and oxygen atoms in total. The molecular formula is C21H19N5O3. The van der Waals surface area contributed by atoms with Crippen LogP contribution in [-0.2, 0) is 11.3 Å². The van der Waals surface area contributed by atoms with Gasteiger partial charge >= 0.3 is 0 Å². The molecule has 2 aromatic heterocycles. The van der Waals surface area contributed by atoms with E-state index in [9.17, 15) is 9.59 Å². The number of H-pyrrole nitrogens is 1. The number of nitrogens with zero attached hydrogens (tertiary/aromatic N) is 3. The highest BCUT2D eigenvalue weighted by Crippen LogP contribution is 2.14. The van der Waals surface area contributed by atoms with E-state index in [2.05, 4.69) is 20.4 Å². The Morgan fingerprint density at radius 1 is 1.14 bits per heavy atom. The van der Waals surface area contributed by atoms with Crippen molar-refractivity contribution >= 4 is 16.9 Å². The Labute approximate surface area is 166 Å². The number of carbonyl (C=O) groups is 1. The number of hydrogen-bond acceptors (Lipinski definition) is 5. The van der Waals surface area contributed by atoms with Crippen molar-refractivity contribution in [1.29, 1.82) is 0 Å². The van der Waals surface area contributed by atoms with Gasteiger partial charge in [-0.1, -0.05) is 36.4 Å². The number of rotatable bonds is 6. The second-order valence-corrected chi connectivity index (χ2v) is 6.43. The molecule has 0 aliphatic heterocycles. The third-order valence-corrected chi connectivity index (χ3v) is 4.34. The van der Waals surface area contributed by atoms with Crippen molar-refractivity contribution < 1.29 is 9.53 Å². The minimum atomic E-state index is -0.692. The van der Waals surface area contributed by atoms with E-state index in [4.69, 9.17) is 4.74 Å². The zero-order valence-electron chi connectivity index (χ0n) is 15.7. The fraction of sp³-hybridized carbons (Fsp3) is 0.143. The number of carbonyl (C=O) groups excluding carboxylic acids is 1. The van der Waals surface area contributed by atoms with Crippen LogP contribution in [0.3, 0.4) is 0 Å². The lowest BCUT2D eigenvalue weighted by molar-refractivity contribution is -0.127. The van der Waals surface area contributed by atoms with E-state index in [1.165, 1.54) is 6.20 Å². The second kappa shape index (κ2) is 7.97. The maximum Gasteiger partial charge on any atom is 0.262 e. The molecule has 0 fully saturated rings. The van der Waals surface area contributed by atoms with Gasteiger partial charge in [-0.15, -0.1) is 0 Å². The normalized spacial score (nSPS) is 11.9. The number of amides is 1. The van der Waals surface area contributed by atoms with Gasteiger partial charge in [0.25, 0.3) is 11.5 Å². The topological polar surface area (TPSA) is 102 Å². The minimum absolute atomic E-state index is 0.0620. The van der Waals surface area contributed by atoms with Crippen LogP contribution < -0.4 is 15.6 Å². The Kier molecular flexibility index (Phi) is 5.07. The minimum Gasteiger partial charge on any atom is -0.481 e. The monoisotopic (exact) mass is 389 g/mol. The van der Waals surface area contributed by atoms with Gasteiger partial charge in [0, 0.05) is 0 Å². The van der Waals surface area contributed by atoms with Crippen LogP contribution in [0.5, 0.6) is 5.75 Å². The molecule has 0 saturated carbocycles. The van der Waals surface area contributed by atoms with Crippen LogP contribution >= 0.6 is 0 Å². The summed E-state index contributed by atoms with van der Waals surface area (Å²) >= 11 is 0. The molecule has 0 aliphatic rings. The third kappa shape index (κ3) is 4.01. The van der Waals surface area contributed by atoms with Crippen LogP contribution in [0.15, 0.2) is 71.7 Å². The van der Waals surface area contributed by atoms with Gasteiger partial charge in [-0.05, 0) is 31.2 Å². The van der Waals surface area contributed by atoms with Gasteiger partial charge in [0.2, 0.25) is 0 Å². The first-order valence-corrected chi connectivity index (χ1v) is 9.13. The highest BCUT2D eigenvalue weighted by atomic mass is 16.5. The zero-order valence-corrected chi connectivity index (χ0v) is 15.7. The van der Waals surface area contributed by atoms with E-state index in [1.54, 1.807) is 23.7 Å². The first kappa shape index (κ1) is 18.4. The molecule has 0 saturated heterocycles. The summed E-state index contributed by atoms with van der Waals surface area (Å²) in [7, 11) is 0. The predicted octanol–water partition coefficient (Wildman–Crippen LogP) is 2.19. The van der Waals surface area contributed by atoms with E-state index >= 15 is 0 Å². The van der Waals surface area contributed by atoms with Crippen LogP contribution in [-0.4, -0.2) is 31.8 Å². The van der Waals surface area contributed by atoms with Crippen molar-refractivity contribution in [3.8, 4) is 11.4 Å². The van der Waals surface area contributed by atoms with Crippen LogP contribution in [0.2, 0.25) is 0 Å². The number of ether oxygens (including phenoxy) is 1. The van der Waals surface area contributed by atoms with Crippen molar-refractivity contribution in [3.05, 3.63) is 83.0 Å². The number of nitrogens with one attached hydrogen (secondary N) is 2. The third-order valence-electron chi connectivity index (χ3n) is 4.34. The van der Waals surface area contributed by atoms with E-state index in [0.717, 1.165) is 5.69 Å². The number of aromatic amines is 1. The van der Waals surface area contributed by atoms with Crippen LogP contribution in [0.25, 0.3) is 16.7 Å². The molecule has 146 valence electrons. The summed E-state index contributed by atoms with van der Waals surface area (Å²) in [6.45, 7) is 1.72. The molecule has 0 spiro atoms. The molecule has 0 aliphatic carbocycles. The molecule has 1 atom stereocenters. The van der Waals surface area contributed by atoms with Gasteiger partial charge in [-0.25, -0.2) is 9.67 Å². The molecule has 4 aromatic rings. The number of hydrogen-bond donors (Lipinski definition) is 2. The molecule has 2 N–H and O–H groups in total. The fourth-order valence-electron chi connectivity index (χ4n) is 2.88. The van der Waals surface area contributed by atoms with Crippen LogP contribution in [0, 0.1) is 0 Å². The summed E-state index contributed by atoms with van der Waals surface area (Å²) in [5.41, 5.74) is 0.910. The van der Waals surface area contributed by atoms with Crippen molar-refractivity contribution in [3.63, 3.8) is 0 Å². The van der Waals surface area contributed by atoms with E-state index < -0.39 is 6.10 Å². The summed E-state index contributed by atoms with van der Waals surface area (Å²) in [4.78, 5) is 31.9. The summed E-state index contributed by atoms with van der Waals surface area (Å²) in [5.74, 6) is 0.628. The summed E-state index contributed by atoms with van der Waals surface area (Å²) in [6.07, 6.45) is 0.787. The molecule has 4 rings (SSSR count). The standard InChI is InChI=1S/C21H19N5O3/c1-14(29-16-10-6-3-7-11-16)20(27)22-13-18-24-19-17(21(28)25-18)12-23-26(19)15-8-4-2-5-9-15/h2-12,14H,13H2,1H3,(H,22,27)(H,24,25,28)/t14-/m1/s1. The smallest absolute Gasteiger partial charge is 0.262 e. The Bertz CT molecular complexity index is 1190. The van der Waals surface area contributed by atoms with Gasteiger partial charge in [-0.2, -0.15) is 5.10 Å². The maximum atomic E-state index is 12.4. The highest BCUT2D eigenvalue weighted by Gasteiger charge is 2.16. The average Bonchev–Trinajstić information content (AvgIpc) is 3.18. The highest BCUT2D eigenvalue weighted by molar-refractivity contribution is 5.80. The van der Waals surface area contributed by atoms with Gasteiger partial charge < -0.3 is 15.0 Å². The first-order chi connectivity index (χ1) is 14.1. The molecule has 0 bridgehead atoms. The largest absolute Gasteiger partial charge is 0.481 e. The number of para-hydroxylation sites is 2. The molecule has 2 aromatic carbocycles. The average molecular weight is 389 g/mol. The number of fused-ring (bicyclic) bond motifs is 1. The quantitative estimate of drug-likeness (QED) is 0.526. The van der Waals surface area contributed by atoms with Crippen molar-refractivity contribution in [2.75, 3.05) is 0 Å². The van der Waals surface area contributed by atoms with Crippen molar-refractivity contribution in [1.82, 2.24) is 25.1 Å². The number of benzene rings is 2. The summed E-state index contributed by atoms with van der Waals surface area (Å²) < 4.78 is 7.20. The zero-order chi connectivity index (χ0) is 20.2. The molecule has 0 radical (unpaired) electrons.